The lowest BCUT2D eigenvalue weighted by molar-refractivity contribution is 0.112. The molecule has 5 nitrogen and oxygen atoms in total. The number of rotatable bonds is 6. The fraction of sp³-hybridized carbons (Fsp3) is 0.667. The van der Waals surface area contributed by atoms with Crippen molar-refractivity contribution in [1.29, 1.82) is 0 Å². The van der Waals surface area contributed by atoms with Gasteiger partial charge in [-0.15, -0.1) is 4.34 Å². The van der Waals surface area contributed by atoms with Gasteiger partial charge in [-0.2, -0.15) is 0 Å². The van der Waals surface area contributed by atoms with Crippen molar-refractivity contribution in [1.82, 2.24) is 8.90 Å². The Bertz CT molecular complexity index is 506. The molecular formula is C12H20N2O3P+. The molecule has 1 aliphatic carbocycles. The molecule has 0 bridgehead atoms. The zero-order valence-electron chi connectivity index (χ0n) is 10.9. The Balaban J connectivity index is 1.88. The molecule has 0 amide bonds. The van der Waals surface area contributed by atoms with Crippen LogP contribution in [-0.2, 0) is 11.3 Å². The molecule has 1 heterocycles. The summed E-state index contributed by atoms with van der Waals surface area (Å²) in [7, 11) is -0.804. The summed E-state index contributed by atoms with van der Waals surface area (Å²) in [6, 6.07) is 0. The topological polar surface area (TPSA) is 56.4 Å². The van der Waals surface area contributed by atoms with Crippen LogP contribution in [0.15, 0.2) is 11.0 Å². The first-order valence-electron chi connectivity index (χ1n) is 6.14. The van der Waals surface area contributed by atoms with Gasteiger partial charge in [0.05, 0.1) is 19.5 Å². The van der Waals surface area contributed by atoms with E-state index in [4.69, 9.17) is 4.74 Å². The van der Waals surface area contributed by atoms with Crippen LogP contribution in [0.4, 0.5) is 0 Å². The molecule has 2 rings (SSSR count). The van der Waals surface area contributed by atoms with Crippen molar-refractivity contribution in [2.45, 2.75) is 19.9 Å². The summed E-state index contributed by atoms with van der Waals surface area (Å²) in [6.07, 6.45) is 6.52. The molecular weight excluding hydrogens is 251 g/mol. The molecule has 1 aromatic rings. The van der Waals surface area contributed by atoms with Gasteiger partial charge in [0, 0.05) is 6.61 Å². The van der Waals surface area contributed by atoms with Gasteiger partial charge in [0.1, 0.15) is 12.9 Å². The second-order valence-electron chi connectivity index (χ2n) is 4.97. The maximum Gasteiger partial charge on any atom is 0.368 e. The molecule has 1 aromatic heterocycles. The van der Waals surface area contributed by atoms with E-state index in [0.717, 1.165) is 12.5 Å². The lowest BCUT2D eigenvalue weighted by atomic mass is 10.4. The van der Waals surface area contributed by atoms with Gasteiger partial charge in [-0.1, -0.05) is 6.92 Å². The molecule has 0 aliphatic heterocycles. The van der Waals surface area contributed by atoms with Crippen LogP contribution in [0, 0.1) is 11.8 Å². The van der Waals surface area contributed by atoms with Gasteiger partial charge in [0.15, 0.2) is 0 Å². The highest BCUT2D eigenvalue weighted by atomic mass is 31.1. The minimum Gasteiger partial charge on any atom is -0.493 e. The van der Waals surface area contributed by atoms with Crippen LogP contribution in [0.3, 0.4) is 0 Å². The summed E-state index contributed by atoms with van der Waals surface area (Å²) in [5.74, 6) is 1.45. The van der Waals surface area contributed by atoms with E-state index in [9.17, 15) is 9.90 Å². The maximum atomic E-state index is 11.9. The average molecular weight is 271 g/mol. The molecule has 3 unspecified atom stereocenters. The number of nitrogens with zero attached hydrogens (tertiary/aromatic N) is 2. The van der Waals surface area contributed by atoms with Crippen LogP contribution < -0.4 is 5.69 Å². The first-order valence-corrected chi connectivity index (χ1v) is 8.06. The third-order valence-corrected chi connectivity index (χ3v) is 4.40. The number of aromatic hydroxyl groups is 1. The van der Waals surface area contributed by atoms with Crippen molar-refractivity contribution >= 4 is 14.0 Å². The molecule has 100 valence electrons. The van der Waals surface area contributed by atoms with E-state index in [1.807, 2.05) is 6.66 Å². The highest BCUT2D eigenvalue weighted by Gasteiger charge is 2.32. The Kier molecular flexibility index (Phi) is 3.93. The monoisotopic (exact) mass is 271 g/mol. The molecule has 0 radical (unpaired) electrons. The molecule has 0 aromatic carbocycles. The van der Waals surface area contributed by atoms with Crippen LogP contribution in [0.1, 0.15) is 13.3 Å². The first-order chi connectivity index (χ1) is 8.50. The number of aromatic nitrogens is 2. The molecule has 0 spiro atoms. The molecule has 1 N–H and O–H groups in total. The van der Waals surface area contributed by atoms with Crippen molar-refractivity contribution in [3.8, 4) is 5.88 Å². The van der Waals surface area contributed by atoms with E-state index in [-0.39, 0.29) is 11.6 Å². The quantitative estimate of drug-likeness (QED) is 0.627. The zero-order chi connectivity index (χ0) is 13.3. The van der Waals surface area contributed by atoms with Crippen LogP contribution in [0.2, 0.25) is 0 Å². The smallest absolute Gasteiger partial charge is 0.368 e. The molecule has 1 fully saturated rings. The Morgan fingerprint density at radius 3 is 2.83 bits per heavy atom. The van der Waals surface area contributed by atoms with E-state index in [2.05, 4.69) is 13.2 Å². The summed E-state index contributed by atoms with van der Waals surface area (Å²) in [4.78, 5) is 11.9. The Morgan fingerprint density at radius 1 is 1.67 bits per heavy atom. The van der Waals surface area contributed by atoms with E-state index in [1.54, 1.807) is 0 Å². The molecule has 0 saturated heterocycles. The van der Waals surface area contributed by atoms with Crippen LogP contribution in [0.25, 0.3) is 0 Å². The van der Waals surface area contributed by atoms with Crippen molar-refractivity contribution in [2.24, 2.45) is 11.8 Å². The van der Waals surface area contributed by atoms with Crippen molar-refractivity contribution in [3.05, 3.63) is 16.7 Å². The van der Waals surface area contributed by atoms with Crippen molar-refractivity contribution in [2.75, 3.05) is 19.9 Å². The summed E-state index contributed by atoms with van der Waals surface area (Å²) >= 11 is 0. The number of hydrogen-bond donors (Lipinski definition) is 1. The predicted octanol–water partition coefficient (Wildman–Crippen LogP) is 1.33. The summed E-state index contributed by atoms with van der Waals surface area (Å²) in [6.45, 7) is 5.68. The summed E-state index contributed by atoms with van der Waals surface area (Å²) in [5, 5.41) is 9.69. The highest BCUT2D eigenvalue weighted by Crippen LogP contribution is 2.37. The largest absolute Gasteiger partial charge is 0.493 e. The average Bonchev–Trinajstić information content (AvgIpc) is 2.92. The third-order valence-electron chi connectivity index (χ3n) is 3.38. The molecule has 1 aliphatic rings. The number of ether oxygens (including phenoxy) is 1. The van der Waals surface area contributed by atoms with Crippen LogP contribution in [0.5, 0.6) is 5.88 Å². The Hall–Kier alpha value is -1.06. The van der Waals surface area contributed by atoms with E-state index >= 15 is 0 Å². The molecule has 18 heavy (non-hydrogen) atoms. The second-order valence-corrected chi connectivity index (χ2v) is 6.72. The first kappa shape index (κ1) is 13.4. The Labute approximate surface area is 107 Å². The Morgan fingerprint density at radius 2 is 2.33 bits per heavy atom. The van der Waals surface area contributed by atoms with Gasteiger partial charge in [0.2, 0.25) is 13.6 Å². The van der Waals surface area contributed by atoms with Gasteiger partial charge in [-0.25, -0.2) is 4.79 Å². The standard InChI is InChI=1S/C12H19N2O3P/c1-9-6-10(9)8-17-5-4-13-11(15)7-14(12(13)16)18(2)3/h7,9-10H,2,4-6,8H2,1,3H3/p+1. The normalized spacial score (nSPS) is 23.1. The van der Waals surface area contributed by atoms with Gasteiger partial charge in [-0.3, -0.25) is 4.57 Å². The van der Waals surface area contributed by atoms with Crippen molar-refractivity contribution < 1.29 is 9.84 Å². The summed E-state index contributed by atoms with van der Waals surface area (Å²) in [5.41, 5.74) is -0.209. The maximum absolute atomic E-state index is 11.9. The van der Waals surface area contributed by atoms with E-state index in [1.165, 1.54) is 21.5 Å². The molecule has 3 atom stereocenters. The number of imidazole rings is 1. The van der Waals surface area contributed by atoms with Gasteiger partial charge >= 0.3 is 5.69 Å². The predicted molar refractivity (Wildman–Crippen MR) is 73.8 cm³/mol. The van der Waals surface area contributed by atoms with Crippen molar-refractivity contribution in [3.63, 3.8) is 0 Å². The minimum absolute atomic E-state index is 0.0126. The van der Waals surface area contributed by atoms with E-state index < -0.39 is 7.70 Å². The lowest BCUT2D eigenvalue weighted by Gasteiger charge is -2.04. The second kappa shape index (κ2) is 5.29. The summed E-state index contributed by atoms with van der Waals surface area (Å²) < 4.78 is 8.33. The fourth-order valence-corrected chi connectivity index (χ4v) is 2.63. The lowest BCUT2D eigenvalue weighted by Crippen LogP contribution is -2.23. The SMILES string of the molecule is C=[P+](C)n1cc(O)n(CCOCC2CC2C)c1=O. The zero-order valence-corrected chi connectivity index (χ0v) is 11.8. The fourth-order valence-electron chi connectivity index (χ4n) is 1.93. The molecule has 6 heteroatoms. The minimum atomic E-state index is -0.804. The van der Waals surface area contributed by atoms with Crippen LogP contribution >= 0.6 is 7.70 Å². The van der Waals surface area contributed by atoms with E-state index in [0.29, 0.717) is 19.1 Å². The number of hydrogen-bond acceptors (Lipinski definition) is 3. The van der Waals surface area contributed by atoms with Crippen LogP contribution in [-0.4, -0.2) is 40.2 Å². The third kappa shape index (κ3) is 2.85. The highest BCUT2D eigenvalue weighted by molar-refractivity contribution is 7.53. The molecule has 1 saturated carbocycles. The van der Waals surface area contributed by atoms with Gasteiger partial charge < -0.3 is 9.84 Å². The van der Waals surface area contributed by atoms with Gasteiger partial charge in [0.25, 0.3) is 0 Å². The van der Waals surface area contributed by atoms with Gasteiger partial charge in [-0.05, 0) is 18.3 Å².